The highest BCUT2D eigenvalue weighted by Crippen LogP contribution is 2.33. The van der Waals surface area contributed by atoms with Gasteiger partial charge in [0.25, 0.3) is 0 Å². The van der Waals surface area contributed by atoms with Crippen LogP contribution in [-0.4, -0.2) is 0 Å². The van der Waals surface area contributed by atoms with Crippen LogP contribution in [0, 0.1) is 23.7 Å². The molecule has 2 atom stereocenters. The van der Waals surface area contributed by atoms with Crippen molar-refractivity contribution < 1.29 is 0 Å². The summed E-state index contributed by atoms with van der Waals surface area (Å²) in [5, 5.41) is 0. The first-order valence-electron chi connectivity index (χ1n) is 11.7. The molecule has 0 unspecified atom stereocenters. The minimum absolute atomic E-state index is 0.650. The molecule has 0 N–H and O–H groups in total. The quantitative estimate of drug-likeness (QED) is 0.321. The fraction of sp³-hybridized carbons (Fsp3) is 0.714. The Morgan fingerprint density at radius 1 is 0.429 bits per heavy atom. The lowest BCUT2D eigenvalue weighted by Crippen LogP contribution is -2.16. The average molecular weight is 395 g/mol. The zero-order valence-corrected chi connectivity index (χ0v) is 22.8. The third-order valence-corrected chi connectivity index (χ3v) is 4.60. The summed E-state index contributed by atoms with van der Waals surface area (Å²) in [6, 6.07) is 0. The molecule has 0 saturated heterocycles. The summed E-state index contributed by atoms with van der Waals surface area (Å²) in [6.45, 7) is 34.3. The van der Waals surface area contributed by atoms with E-state index < -0.39 is 0 Å². The zero-order chi connectivity index (χ0) is 23.7. The van der Waals surface area contributed by atoms with Crippen LogP contribution in [0.2, 0.25) is 0 Å². The summed E-state index contributed by atoms with van der Waals surface area (Å²) < 4.78 is 0. The minimum Gasteiger partial charge on any atom is -0.0919 e. The van der Waals surface area contributed by atoms with Crippen LogP contribution in [0.4, 0.5) is 0 Å². The molecule has 28 heavy (non-hydrogen) atoms. The van der Waals surface area contributed by atoms with Crippen molar-refractivity contribution in [1.82, 2.24) is 0 Å². The van der Waals surface area contributed by atoms with Crippen molar-refractivity contribution in [3.05, 3.63) is 47.6 Å². The van der Waals surface area contributed by atoms with Gasteiger partial charge in [-0.15, -0.1) is 0 Å². The Kier molecular flexibility index (Phi) is 41.3. The molecule has 0 fully saturated rings. The molecular formula is C28H58. The van der Waals surface area contributed by atoms with E-state index in [0.717, 1.165) is 0 Å². The molecule has 0 aliphatic heterocycles. The first-order chi connectivity index (χ1) is 13.2. The van der Waals surface area contributed by atoms with Gasteiger partial charge in [-0.1, -0.05) is 106 Å². The Morgan fingerprint density at radius 3 is 0.679 bits per heavy atom. The maximum atomic E-state index is 2.34. The molecule has 0 rings (SSSR count). The summed E-state index contributed by atoms with van der Waals surface area (Å²) in [4.78, 5) is 0. The van der Waals surface area contributed by atoms with E-state index in [4.69, 9.17) is 0 Å². The van der Waals surface area contributed by atoms with Gasteiger partial charge in [0, 0.05) is 0 Å². The highest BCUT2D eigenvalue weighted by atomic mass is 14.3. The molecular weight excluding hydrogens is 336 g/mol. The Morgan fingerprint density at radius 2 is 0.607 bits per heavy atom. The van der Waals surface area contributed by atoms with Gasteiger partial charge < -0.3 is 0 Å². The van der Waals surface area contributed by atoms with E-state index in [1.54, 1.807) is 11.1 Å². The molecule has 0 amide bonds. The molecule has 0 aliphatic carbocycles. The molecule has 0 aromatic carbocycles. The zero-order valence-electron chi connectivity index (χ0n) is 22.8. The summed E-state index contributed by atoms with van der Waals surface area (Å²) >= 11 is 0. The van der Waals surface area contributed by atoms with Crippen molar-refractivity contribution in [2.24, 2.45) is 23.7 Å². The Bertz CT molecular complexity index is 329. The van der Waals surface area contributed by atoms with Crippen molar-refractivity contribution >= 4 is 0 Å². The van der Waals surface area contributed by atoms with Crippen LogP contribution >= 0.6 is 0 Å². The van der Waals surface area contributed by atoms with E-state index in [0.29, 0.717) is 23.7 Å². The van der Waals surface area contributed by atoms with E-state index in [9.17, 15) is 0 Å². The topological polar surface area (TPSA) is 0 Å². The fourth-order valence-corrected chi connectivity index (χ4v) is 2.10. The minimum atomic E-state index is 0.650. The van der Waals surface area contributed by atoms with Gasteiger partial charge in [0.2, 0.25) is 0 Å². The third-order valence-electron chi connectivity index (χ3n) is 4.60. The first kappa shape index (κ1) is 37.7. The molecule has 0 radical (unpaired) electrons. The SMILES string of the molecule is C/C=C(/C(=C/C)[C@H](C)C(C)C)[C@@H](C)C(C)C.C/C=C\C.C/C=C\C.CC.CC. The predicted octanol–water partition coefficient (Wildman–Crippen LogP) is 10.7. The highest BCUT2D eigenvalue weighted by Gasteiger charge is 2.21. The lowest BCUT2D eigenvalue weighted by Gasteiger charge is -2.28. The maximum absolute atomic E-state index is 2.34. The van der Waals surface area contributed by atoms with Gasteiger partial charge in [-0.25, -0.2) is 0 Å². The van der Waals surface area contributed by atoms with Gasteiger partial charge in [-0.3, -0.25) is 0 Å². The third kappa shape index (κ3) is 23.0. The maximum Gasteiger partial charge on any atom is -0.0168 e. The molecule has 0 heterocycles. The van der Waals surface area contributed by atoms with Crippen LogP contribution in [0.3, 0.4) is 0 Å². The average Bonchev–Trinajstić information content (AvgIpc) is 2.73. The van der Waals surface area contributed by atoms with Gasteiger partial charge in [0.05, 0.1) is 0 Å². The van der Waals surface area contributed by atoms with Gasteiger partial charge in [-0.05, 0) is 76.4 Å². The molecule has 0 spiro atoms. The van der Waals surface area contributed by atoms with Crippen LogP contribution < -0.4 is 0 Å². The van der Waals surface area contributed by atoms with Gasteiger partial charge in [-0.2, -0.15) is 0 Å². The number of allylic oxidation sites excluding steroid dienone is 8. The lowest BCUT2D eigenvalue weighted by atomic mass is 9.78. The van der Waals surface area contributed by atoms with Crippen LogP contribution in [0.15, 0.2) is 47.6 Å². The first-order valence-corrected chi connectivity index (χ1v) is 11.7. The van der Waals surface area contributed by atoms with Crippen molar-refractivity contribution in [2.45, 2.75) is 111 Å². The van der Waals surface area contributed by atoms with E-state index >= 15 is 0 Å². The van der Waals surface area contributed by atoms with E-state index in [1.165, 1.54) is 0 Å². The second-order valence-corrected chi connectivity index (χ2v) is 6.89. The Balaban J connectivity index is -0.000000121. The van der Waals surface area contributed by atoms with E-state index in [2.05, 4.69) is 67.5 Å². The summed E-state index contributed by atoms with van der Waals surface area (Å²) in [5.74, 6) is 2.72. The summed E-state index contributed by atoms with van der Waals surface area (Å²) in [6.07, 6.45) is 12.6. The number of hydrogen-bond acceptors (Lipinski definition) is 0. The Hall–Kier alpha value is -1.04. The van der Waals surface area contributed by atoms with Gasteiger partial charge in [0.1, 0.15) is 0 Å². The van der Waals surface area contributed by atoms with Crippen molar-refractivity contribution in [2.75, 3.05) is 0 Å². The molecule has 170 valence electrons. The van der Waals surface area contributed by atoms with Crippen LogP contribution in [0.25, 0.3) is 0 Å². The molecule has 0 aromatic rings. The molecule has 0 saturated carbocycles. The molecule has 0 aromatic heterocycles. The van der Waals surface area contributed by atoms with Crippen LogP contribution in [0.5, 0.6) is 0 Å². The normalized spacial score (nSPS) is 13.5. The predicted molar refractivity (Wildman–Crippen MR) is 139 cm³/mol. The molecule has 0 heteroatoms. The van der Waals surface area contributed by atoms with Crippen molar-refractivity contribution in [3.63, 3.8) is 0 Å². The molecule has 0 aliphatic rings. The summed E-state index contributed by atoms with van der Waals surface area (Å²) in [5.41, 5.74) is 3.08. The number of rotatable bonds is 5. The van der Waals surface area contributed by atoms with Crippen molar-refractivity contribution in [3.8, 4) is 0 Å². The van der Waals surface area contributed by atoms with Crippen LogP contribution in [-0.2, 0) is 0 Å². The largest absolute Gasteiger partial charge is 0.0919 e. The molecule has 0 nitrogen and oxygen atoms in total. The van der Waals surface area contributed by atoms with Crippen LogP contribution in [0.1, 0.15) is 111 Å². The number of hydrogen-bond donors (Lipinski definition) is 0. The second kappa shape index (κ2) is 30.7. The highest BCUT2D eigenvalue weighted by molar-refractivity contribution is 5.34. The van der Waals surface area contributed by atoms with E-state index in [-0.39, 0.29) is 0 Å². The van der Waals surface area contributed by atoms with Crippen molar-refractivity contribution in [1.29, 1.82) is 0 Å². The second-order valence-electron chi connectivity index (χ2n) is 6.89. The monoisotopic (exact) mass is 394 g/mol. The Labute approximate surface area is 182 Å². The van der Waals surface area contributed by atoms with Gasteiger partial charge >= 0.3 is 0 Å². The smallest absolute Gasteiger partial charge is 0.0168 e. The lowest BCUT2D eigenvalue weighted by molar-refractivity contribution is 0.441. The van der Waals surface area contributed by atoms with E-state index in [1.807, 2.05) is 79.7 Å². The molecule has 0 bridgehead atoms. The summed E-state index contributed by atoms with van der Waals surface area (Å²) in [7, 11) is 0. The van der Waals surface area contributed by atoms with Gasteiger partial charge in [0.15, 0.2) is 0 Å². The standard InChI is InChI=1S/C16H30.2C4H8.2C2H6/c1-9-15(13(7)11(3)4)16(10-2)14(8)12(5)6;2*1-3-4-2;2*1-2/h9-14H,1-8H3;2*3-4H,1-2H3;2*1-2H3/b15-9+,16-10+;2*4-3-;;/t13-,14+;;;;. The fourth-order valence-electron chi connectivity index (χ4n) is 2.10.